The summed E-state index contributed by atoms with van der Waals surface area (Å²) in [5, 5.41) is 13.9. The molecule has 2 rings (SSSR count). The molecule has 1 aromatic carbocycles. The number of carbonyl (C=O) groups is 2. The number of rotatable bonds is 12. The molecule has 6 nitrogen and oxygen atoms in total. The molecule has 1 aliphatic rings. The molecule has 6 heteroatoms. The van der Waals surface area contributed by atoms with Crippen molar-refractivity contribution in [2.24, 2.45) is 0 Å². The first kappa shape index (κ1) is 26.1. The van der Waals surface area contributed by atoms with Gasteiger partial charge in [0.2, 0.25) is 5.91 Å². The van der Waals surface area contributed by atoms with Gasteiger partial charge in [0.25, 0.3) is 0 Å². The van der Waals surface area contributed by atoms with Crippen molar-refractivity contribution in [3.8, 4) is 5.75 Å². The number of ether oxygens (including phenoxy) is 1. The highest BCUT2D eigenvalue weighted by atomic mass is 16.5. The van der Waals surface area contributed by atoms with E-state index in [9.17, 15) is 14.7 Å². The second-order valence-corrected chi connectivity index (χ2v) is 7.66. The van der Waals surface area contributed by atoms with E-state index < -0.39 is 6.10 Å². The van der Waals surface area contributed by atoms with Crippen LogP contribution in [0.5, 0.6) is 5.75 Å². The lowest BCUT2D eigenvalue weighted by atomic mass is 10.0. The van der Waals surface area contributed by atoms with Crippen LogP contribution in [0.4, 0.5) is 0 Å². The van der Waals surface area contributed by atoms with Crippen LogP contribution >= 0.6 is 0 Å². The first-order valence-electron chi connectivity index (χ1n) is 11.3. The Balaban J connectivity index is 0.00000218. The summed E-state index contributed by atoms with van der Waals surface area (Å²) >= 11 is 0. The van der Waals surface area contributed by atoms with Crippen molar-refractivity contribution in [3.05, 3.63) is 29.8 Å². The van der Waals surface area contributed by atoms with Crippen molar-refractivity contribution in [1.29, 1.82) is 0 Å². The quantitative estimate of drug-likeness (QED) is 0.502. The number of amides is 1. The standard InChI is InChI=1S/C22H34N2O4.C2H6/c1-17(25)8-4-3-5-9-21(26)23-20(16-24-14-6-7-15-24)22(27)18-10-12-19(28-2)13-11-18;1-2/h10-13,20,22,27H,3-9,14-16H2,1-2H3,(H,23,26);1-2H3/t20-,22-;/m1./s1. The lowest BCUT2D eigenvalue weighted by Crippen LogP contribution is -2.46. The van der Waals surface area contributed by atoms with Crippen LogP contribution < -0.4 is 10.1 Å². The van der Waals surface area contributed by atoms with E-state index in [0.717, 1.165) is 56.5 Å². The summed E-state index contributed by atoms with van der Waals surface area (Å²) in [6, 6.07) is 6.98. The number of ketones is 1. The normalized spacial score (nSPS) is 15.6. The van der Waals surface area contributed by atoms with Crippen molar-refractivity contribution >= 4 is 11.7 Å². The summed E-state index contributed by atoms with van der Waals surface area (Å²) in [5.41, 5.74) is 0.770. The summed E-state index contributed by atoms with van der Waals surface area (Å²) in [5.74, 6) is 0.888. The monoisotopic (exact) mass is 420 g/mol. The fourth-order valence-electron chi connectivity index (χ4n) is 3.62. The molecule has 0 bridgehead atoms. The molecule has 1 aliphatic heterocycles. The van der Waals surface area contributed by atoms with Gasteiger partial charge in [-0.05, 0) is 63.4 Å². The number of hydrogen-bond donors (Lipinski definition) is 2. The number of nitrogens with one attached hydrogen (secondary N) is 1. The molecule has 0 aromatic heterocycles. The van der Waals surface area contributed by atoms with Gasteiger partial charge >= 0.3 is 0 Å². The molecule has 170 valence electrons. The van der Waals surface area contributed by atoms with Gasteiger partial charge in [0.1, 0.15) is 17.6 Å². The van der Waals surface area contributed by atoms with E-state index in [1.807, 2.05) is 38.1 Å². The van der Waals surface area contributed by atoms with Gasteiger partial charge in [-0.3, -0.25) is 4.79 Å². The molecule has 1 aromatic rings. The maximum absolute atomic E-state index is 12.4. The second-order valence-electron chi connectivity index (χ2n) is 7.66. The molecule has 1 saturated heterocycles. The first-order chi connectivity index (χ1) is 14.5. The molecule has 1 amide bonds. The maximum atomic E-state index is 12.4. The summed E-state index contributed by atoms with van der Waals surface area (Å²) in [6.45, 7) is 8.25. The highest BCUT2D eigenvalue weighted by Gasteiger charge is 2.26. The number of nitrogens with zero attached hydrogens (tertiary/aromatic N) is 1. The Morgan fingerprint density at radius 2 is 1.67 bits per heavy atom. The molecule has 1 fully saturated rings. The van der Waals surface area contributed by atoms with Crippen molar-refractivity contribution in [2.45, 2.75) is 77.9 Å². The minimum atomic E-state index is -0.770. The van der Waals surface area contributed by atoms with Gasteiger partial charge in [0, 0.05) is 19.4 Å². The van der Waals surface area contributed by atoms with Crippen LogP contribution in [0.3, 0.4) is 0 Å². The zero-order valence-corrected chi connectivity index (χ0v) is 19.2. The molecule has 0 saturated carbocycles. The fourth-order valence-corrected chi connectivity index (χ4v) is 3.62. The fraction of sp³-hybridized carbons (Fsp3) is 0.667. The Morgan fingerprint density at radius 1 is 1.07 bits per heavy atom. The van der Waals surface area contributed by atoms with E-state index in [2.05, 4.69) is 10.2 Å². The second kappa shape index (κ2) is 15.0. The third-order valence-electron chi connectivity index (χ3n) is 5.27. The van der Waals surface area contributed by atoms with Gasteiger partial charge in [-0.2, -0.15) is 0 Å². The minimum Gasteiger partial charge on any atom is -0.497 e. The average Bonchev–Trinajstić information content (AvgIpc) is 3.27. The van der Waals surface area contributed by atoms with Crippen LogP contribution in [-0.2, 0) is 9.59 Å². The van der Waals surface area contributed by atoms with Crippen LogP contribution in [0.1, 0.15) is 77.4 Å². The predicted octanol–water partition coefficient (Wildman–Crippen LogP) is 3.87. The number of Topliss-reactive ketones (excluding diaryl/α,β-unsaturated/α-hetero) is 1. The van der Waals surface area contributed by atoms with E-state index in [-0.39, 0.29) is 17.7 Å². The lowest BCUT2D eigenvalue weighted by molar-refractivity contribution is -0.123. The van der Waals surface area contributed by atoms with Gasteiger partial charge in [-0.15, -0.1) is 0 Å². The number of carbonyl (C=O) groups excluding carboxylic acids is 2. The van der Waals surface area contributed by atoms with Crippen LogP contribution in [0, 0.1) is 0 Å². The van der Waals surface area contributed by atoms with Crippen molar-refractivity contribution in [1.82, 2.24) is 10.2 Å². The smallest absolute Gasteiger partial charge is 0.220 e. The van der Waals surface area contributed by atoms with Gasteiger partial charge in [-0.25, -0.2) is 0 Å². The minimum absolute atomic E-state index is 0.0421. The molecule has 2 atom stereocenters. The number of aliphatic hydroxyl groups is 1. The number of hydrogen-bond acceptors (Lipinski definition) is 5. The highest BCUT2D eigenvalue weighted by molar-refractivity contribution is 5.76. The Kier molecular flexibility index (Phi) is 13.0. The topological polar surface area (TPSA) is 78.9 Å². The molecule has 0 spiro atoms. The third-order valence-corrected chi connectivity index (χ3v) is 5.27. The van der Waals surface area contributed by atoms with Gasteiger partial charge in [0.05, 0.1) is 13.2 Å². The molecular formula is C24H40N2O4. The predicted molar refractivity (Wildman–Crippen MR) is 121 cm³/mol. The summed E-state index contributed by atoms with van der Waals surface area (Å²) < 4.78 is 5.18. The van der Waals surface area contributed by atoms with Crippen LogP contribution in [0.2, 0.25) is 0 Å². The van der Waals surface area contributed by atoms with Crippen LogP contribution in [0.25, 0.3) is 0 Å². The third kappa shape index (κ3) is 9.72. The number of likely N-dealkylation sites (tertiary alicyclic amines) is 1. The molecule has 0 aliphatic carbocycles. The zero-order valence-electron chi connectivity index (χ0n) is 19.2. The summed E-state index contributed by atoms with van der Waals surface area (Å²) in [6.07, 6.45) is 5.00. The maximum Gasteiger partial charge on any atom is 0.220 e. The van der Waals surface area contributed by atoms with Crippen LogP contribution in [-0.4, -0.2) is 54.5 Å². The Hall–Kier alpha value is -1.92. The molecule has 0 radical (unpaired) electrons. The van der Waals surface area contributed by atoms with E-state index in [4.69, 9.17) is 4.74 Å². The highest BCUT2D eigenvalue weighted by Crippen LogP contribution is 2.22. The van der Waals surface area contributed by atoms with Crippen molar-refractivity contribution in [2.75, 3.05) is 26.7 Å². The van der Waals surface area contributed by atoms with E-state index in [0.29, 0.717) is 19.4 Å². The molecule has 0 unspecified atom stereocenters. The number of aliphatic hydroxyl groups excluding tert-OH is 1. The Bertz CT molecular complexity index is 612. The zero-order chi connectivity index (χ0) is 22.4. The summed E-state index contributed by atoms with van der Waals surface area (Å²) in [4.78, 5) is 25.7. The van der Waals surface area contributed by atoms with Crippen LogP contribution in [0.15, 0.2) is 24.3 Å². The van der Waals surface area contributed by atoms with E-state index in [1.54, 1.807) is 14.0 Å². The molecular weight excluding hydrogens is 380 g/mol. The van der Waals surface area contributed by atoms with Crippen molar-refractivity contribution in [3.63, 3.8) is 0 Å². The Labute approximate surface area is 182 Å². The number of unbranched alkanes of at least 4 members (excludes halogenated alkanes) is 2. The molecule has 30 heavy (non-hydrogen) atoms. The SMILES string of the molecule is CC.COc1ccc([C@@H](O)[C@@H](CN2CCCC2)NC(=O)CCCCCC(C)=O)cc1. The summed E-state index contributed by atoms with van der Waals surface area (Å²) in [7, 11) is 1.61. The average molecular weight is 421 g/mol. The van der Waals surface area contributed by atoms with Crippen molar-refractivity contribution < 1.29 is 19.4 Å². The molecule has 1 heterocycles. The van der Waals surface area contributed by atoms with Gasteiger partial charge < -0.3 is 24.9 Å². The Morgan fingerprint density at radius 3 is 2.23 bits per heavy atom. The van der Waals surface area contributed by atoms with E-state index >= 15 is 0 Å². The largest absolute Gasteiger partial charge is 0.497 e. The number of benzene rings is 1. The first-order valence-corrected chi connectivity index (χ1v) is 11.3. The van der Waals surface area contributed by atoms with Gasteiger partial charge in [0.15, 0.2) is 0 Å². The number of methoxy groups -OCH3 is 1. The van der Waals surface area contributed by atoms with Gasteiger partial charge in [-0.1, -0.05) is 32.4 Å². The van der Waals surface area contributed by atoms with E-state index in [1.165, 1.54) is 0 Å². The molecule has 2 N–H and O–H groups in total. The lowest BCUT2D eigenvalue weighted by Gasteiger charge is -2.29.